The van der Waals surface area contributed by atoms with E-state index in [4.69, 9.17) is 4.42 Å². The standard InChI is InChI=1S/C14H17NO/c1-10-9-12-11-5-3-4-6-13(11)16-14(12)7-8-15(10)2/h3-6,10H,7-9H2,1-2H3. The molecule has 0 fully saturated rings. The Hall–Kier alpha value is -1.28. The summed E-state index contributed by atoms with van der Waals surface area (Å²) < 4.78 is 5.94. The maximum Gasteiger partial charge on any atom is 0.134 e. The van der Waals surface area contributed by atoms with Crippen molar-refractivity contribution in [2.45, 2.75) is 25.8 Å². The molecule has 84 valence electrons. The second-order valence-electron chi connectivity index (χ2n) is 4.78. The molecule has 1 aromatic carbocycles. The van der Waals surface area contributed by atoms with Crippen molar-refractivity contribution in [3.63, 3.8) is 0 Å². The SMILES string of the molecule is CC1Cc2c(oc3ccccc23)CCN1C. The highest BCUT2D eigenvalue weighted by molar-refractivity contribution is 5.82. The lowest BCUT2D eigenvalue weighted by Gasteiger charge is -2.21. The van der Waals surface area contributed by atoms with E-state index in [0.717, 1.165) is 25.0 Å². The van der Waals surface area contributed by atoms with Crippen LogP contribution in [0.25, 0.3) is 11.0 Å². The van der Waals surface area contributed by atoms with Gasteiger partial charge in [0.05, 0.1) is 0 Å². The van der Waals surface area contributed by atoms with Crippen LogP contribution in [0.4, 0.5) is 0 Å². The van der Waals surface area contributed by atoms with E-state index in [1.165, 1.54) is 16.7 Å². The zero-order valence-electron chi connectivity index (χ0n) is 9.86. The summed E-state index contributed by atoms with van der Waals surface area (Å²) in [6.07, 6.45) is 2.13. The van der Waals surface area contributed by atoms with Crippen LogP contribution in [-0.2, 0) is 12.8 Å². The quantitative estimate of drug-likeness (QED) is 0.672. The lowest BCUT2D eigenvalue weighted by Crippen LogP contribution is -2.30. The van der Waals surface area contributed by atoms with Gasteiger partial charge in [-0.15, -0.1) is 0 Å². The Morgan fingerprint density at radius 1 is 1.31 bits per heavy atom. The van der Waals surface area contributed by atoms with Crippen LogP contribution < -0.4 is 0 Å². The molecule has 1 aliphatic heterocycles. The van der Waals surface area contributed by atoms with E-state index in [2.05, 4.69) is 37.1 Å². The fourth-order valence-corrected chi connectivity index (χ4v) is 2.52. The number of para-hydroxylation sites is 1. The van der Waals surface area contributed by atoms with Crippen LogP contribution in [0, 0.1) is 0 Å². The summed E-state index contributed by atoms with van der Waals surface area (Å²) in [5, 5.41) is 1.31. The molecule has 2 heteroatoms. The van der Waals surface area contributed by atoms with Gasteiger partial charge in [-0.3, -0.25) is 0 Å². The maximum atomic E-state index is 5.94. The first-order valence-electron chi connectivity index (χ1n) is 5.95. The van der Waals surface area contributed by atoms with Crippen molar-refractivity contribution in [3.05, 3.63) is 35.6 Å². The number of furan rings is 1. The van der Waals surface area contributed by atoms with Gasteiger partial charge >= 0.3 is 0 Å². The fourth-order valence-electron chi connectivity index (χ4n) is 2.52. The molecule has 3 rings (SSSR count). The zero-order chi connectivity index (χ0) is 11.1. The first-order chi connectivity index (χ1) is 7.75. The Morgan fingerprint density at radius 3 is 3.00 bits per heavy atom. The third kappa shape index (κ3) is 1.45. The molecule has 1 atom stereocenters. The van der Waals surface area contributed by atoms with Crippen molar-refractivity contribution in [2.24, 2.45) is 0 Å². The first-order valence-corrected chi connectivity index (χ1v) is 5.95. The highest BCUT2D eigenvalue weighted by Crippen LogP contribution is 2.29. The summed E-state index contributed by atoms with van der Waals surface area (Å²) in [7, 11) is 2.19. The molecule has 1 unspecified atom stereocenters. The number of rotatable bonds is 0. The molecule has 0 spiro atoms. The zero-order valence-corrected chi connectivity index (χ0v) is 9.86. The van der Waals surface area contributed by atoms with E-state index in [1.807, 2.05) is 6.07 Å². The van der Waals surface area contributed by atoms with Crippen LogP contribution in [0.3, 0.4) is 0 Å². The normalized spacial score (nSPS) is 22.0. The topological polar surface area (TPSA) is 16.4 Å². The summed E-state index contributed by atoms with van der Waals surface area (Å²) in [5.41, 5.74) is 2.47. The van der Waals surface area contributed by atoms with Crippen LogP contribution in [0.15, 0.2) is 28.7 Å². The maximum absolute atomic E-state index is 5.94. The smallest absolute Gasteiger partial charge is 0.134 e. The summed E-state index contributed by atoms with van der Waals surface area (Å²) in [5.74, 6) is 1.19. The fraction of sp³-hybridized carbons (Fsp3) is 0.429. The van der Waals surface area contributed by atoms with Crippen molar-refractivity contribution in [3.8, 4) is 0 Å². The largest absolute Gasteiger partial charge is 0.461 e. The van der Waals surface area contributed by atoms with E-state index in [0.29, 0.717) is 6.04 Å². The van der Waals surface area contributed by atoms with E-state index < -0.39 is 0 Å². The van der Waals surface area contributed by atoms with Gasteiger partial charge in [0, 0.05) is 30.0 Å². The monoisotopic (exact) mass is 215 g/mol. The first kappa shape index (κ1) is 9.91. The van der Waals surface area contributed by atoms with E-state index in [1.54, 1.807) is 0 Å². The molecule has 0 saturated heterocycles. The second-order valence-corrected chi connectivity index (χ2v) is 4.78. The van der Waals surface area contributed by atoms with Crippen molar-refractivity contribution in [1.82, 2.24) is 4.90 Å². The molecular weight excluding hydrogens is 198 g/mol. The predicted molar refractivity (Wildman–Crippen MR) is 65.7 cm³/mol. The lowest BCUT2D eigenvalue weighted by molar-refractivity contribution is 0.265. The van der Waals surface area contributed by atoms with E-state index in [-0.39, 0.29) is 0 Å². The third-order valence-electron chi connectivity index (χ3n) is 3.73. The minimum absolute atomic E-state index is 0.599. The van der Waals surface area contributed by atoms with E-state index >= 15 is 0 Å². The Labute approximate surface area is 95.9 Å². The van der Waals surface area contributed by atoms with Crippen molar-refractivity contribution in [1.29, 1.82) is 0 Å². The van der Waals surface area contributed by atoms with Crippen LogP contribution in [0.1, 0.15) is 18.2 Å². The minimum Gasteiger partial charge on any atom is -0.461 e. The van der Waals surface area contributed by atoms with Crippen LogP contribution in [0.5, 0.6) is 0 Å². The van der Waals surface area contributed by atoms with Crippen molar-refractivity contribution >= 4 is 11.0 Å². The number of benzene rings is 1. The van der Waals surface area contributed by atoms with Gasteiger partial charge in [-0.2, -0.15) is 0 Å². The minimum atomic E-state index is 0.599. The average molecular weight is 215 g/mol. The van der Waals surface area contributed by atoms with Crippen molar-refractivity contribution < 1.29 is 4.42 Å². The molecule has 0 aliphatic carbocycles. The van der Waals surface area contributed by atoms with Crippen LogP contribution in [-0.4, -0.2) is 24.5 Å². The number of fused-ring (bicyclic) bond motifs is 3. The van der Waals surface area contributed by atoms with Gasteiger partial charge < -0.3 is 9.32 Å². The van der Waals surface area contributed by atoms with Crippen molar-refractivity contribution in [2.75, 3.05) is 13.6 Å². The molecule has 1 aliphatic rings. The molecule has 2 aromatic rings. The van der Waals surface area contributed by atoms with Gasteiger partial charge in [0.25, 0.3) is 0 Å². The molecule has 2 heterocycles. The number of nitrogens with zero attached hydrogens (tertiary/aromatic N) is 1. The molecule has 16 heavy (non-hydrogen) atoms. The third-order valence-corrected chi connectivity index (χ3v) is 3.73. The van der Waals surface area contributed by atoms with Gasteiger partial charge in [0.1, 0.15) is 11.3 Å². The number of hydrogen-bond donors (Lipinski definition) is 0. The highest BCUT2D eigenvalue weighted by Gasteiger charge is 2.22. The molecule has 0 amide bonds. The van der Waals surface area contributed by atoms with E-state index in [9.17, 15) is 0 Å². The van der Waals surface area contributed by atoms with Gasteiger partial charge in [-0.05, 0) is 26.5 Å². The molecule has 0 N–H and O–H groups in total. The number of hydrogen-bond acceptors (Lipinski definition) is 2. The summed E-state index contributed by atoms with van der Waals surface area (Å²) in [6.45, 7) is 3.38. The molecule has 0 radical (unpaired) electrons. The summed E-state index contributed by atoms with van der Waals surface area (Å²) in [4.78, 5) is 2.41. The lowest BCUT2D eigenvalue weighted by atomic mass is 10.0. The molecule has 0 saturated carbocycles. The predicted octanol–water partition coefficient (Wildman–Crippen LogP) is 2.85. The summed E-state index contributed by atoms with van der Waals surface area (Å²) in [6, 6.07) is 8.98. The van der Waals surface area contributed by atoms with Gasteiger partial charge in [-0.25, -0.2) is 0 Å². The Balaban J connectivity index is 2.15. The second kappa shape index (κ2) is 3.63. The van der Waals surface area contributed by atoms with Gasteiger partial charge in [0.15, 0.2) is 0 Å². The number of likely N-dealkylation sites (N-methyl/N-ethyl adjacent to an activating group) is 1. The molecule has 0 bridgehead atoms. The Kier molecular flexibility index (Phi) is 2.25. The van der Waals surface area contributed by atoms with Crippen LogP contribution in [0.2, 0.25) is 0 Å². The summed E-state index contributed by atoms with van der Waals surface area (Å²) >= 11 is 0. The molecule has 2 nitrogen and oxygen atoms in total. The van der Waals surface area contributed by atoms with Gasteiger partial charge in [0.2, 0.25) is 0 Å². The van der Waals surface area contributed by atoms with Crippen LogP contribution >= 0.6 is 0 Å². The molecular formula is C14H17NO. The van der Waals surface area contributed by atoms with Gasteiger partial charge in [-0.1, -0.05) is 18.2 Å². The average Bonchev–Trinajstić information content (AvgIpc) is 2.58. The highest BCUT2D eigenvalue weighted by atomic mass is 16.3. The molecule has 1 aromatic heterocycles. The Bertz CT molecular complexity index is 514. The Morgan fingerprint density at radius 2 is 2.12 bits per heavy atom.